The van der Waals surface area contributed by atoms with Gasteiger partial charge in [-0.3, -0.25) is 0 Å². The fourth-order valence-electron chi connectivity index (χ4n) is 1.43. The van der Waals surface area contributed by atoms with Gasteiger partial charge in [0, 0.05) is 10.6 Å². The largest absolute Gasteiger partial charge is 0.454 e. The molecule has 0 saturated carbocycles. The Hall–Kier alpha value is -1.32. The van der Waals surface area contributed by atoms with Gasteiger partial charge in [0.1, 0.15) is 5.75 Å². The molecule has 0 aliphatic heterocycles. The van der Waals surface area contributed by atoms with Crippen LogP contribution in [0.2, 0.25) is 5.02 Å². The Morgan fingerprint density at radius 2 is 1.83 bits per heavy atom. The van der Waals surface area contributed by atoms with E-state index in [1.807, 2.05) is 0 Å². The molecule has 5 heteroatoms. The quantitative estimate of drug-likeness (QED) is 0.710. The number of ether oxygens (including phenoxy) is 1. The summed E-state index contributed by atoms with van der Waals surface area (Å²) in [6.45, 7) is 0. The molecule has 0 bridgehead atoms. The van der Waals surface area contributed by atoms with Crippen molar-refractivity contribution in [2.24, 2.45) is 0 Å². The maximum atomic E-state index is 13.4. The Bertz CT molecular complexity index is 573. The number of alkyl halides is 1. The maximum Gasteiger partial charge on any atom is 0.201 e. The third kappa shape index (κ3) is 2.74. The molecule has 1 nitrogen and oxygen atoms in total. The summed E-state index contributed by atoms with van der Waals surface area (Å²) in [4.78, 5) is 0. The molecule has 0 saturated heterocycles. The van der Waals surface area contributed by atoms with E-state index in [1.54, 1.807) is 18.2 Å². The lowest BCUT2D eigenvalue weighted by Crippen LogP contribution is -1.94. The molecule has 0 radical (unpaired) electrons. The fourth-order valence-corrected chi connectivity index (χ4v) is 1.84. The molecular formula is C13H8Cl2F2O. The normalized spacial score (nSPS) is 10.4. The Morgan fingerprint density at radius 3 is 2.56 bits per heavy atom. The standard InChI is InChI=1S/C13H8Cl2F2O/c14-7-8-6-9(15)4-5-11(8)18-12-3-1-2-10(16)13(12)17/h1-6H,7H2. The average Bonchev–Trinajstić information content (AvgIpc) is 2.37. The van der Waals surface area contributed by atoms with E-state index in [4.69, 9.17) is 27.9 Å². The average molecular weight is 289 g/mol. The summed E-state index contributed by atoms with van der Waals surface area (Å²) in [6, 6.07) is 8.48. The van der Waals surface area contributed by atoms with Crippen molar-refractivity contribution in [3.63, 3.8) is 0 Å². The summed E-state index contributed by atoms with van der Waals surface area (Å²) in [7, 11) is 0. The van der Waals surface area contributed by atoms with E-state index < -0.39 is 11.6 Å². The fraction of sp³-hybridized carbons (Fsp3) is 0.0769. The van der Waals surface area contributed by atoms with Crippen LogP contribution in [0, 0.1) is 11.6 Å². The molecule has 0 heterocycles. The minimum Gasteiger partial charge on any atom is -0.454 e. The molecule has 2 aromatic rings. The molecule has 0 aliphatic rings. The molecule has 0 N–H and O–H groups in total. The number of rotatable bonds is 3. The first-order valence-corrected chi connectivity index (χ1v) is 5.99. The first-order valence-electron chi connectivity index (χ1n) is 5.08. The first kappa shape index (κ1) is 13.1. The Kier molecular flexibility index (Phi) is 4.04. The van der Waals surface area contributed by atoms with Crippen molar-refractivity contribution in [1.29, 1.82) is 0 Å². The van der Waals surface area contributed by atoms with Gasteiger partial charge in [-0.2, -0.15) is 4.39 Å². The van der Waals surface area contributed by atoms with Gasteiger partial charge in [0.05, 0.1) is 5.88 Å². The van der Waals surface area contributed by atoms with Crippen LogP contribution in [0.25, 0.3) is 0 Å². The van der Waals surface area contributed by atoms with Gasteiger partial charge in [-0.15, -0.1) is 11.6 Å². The van der Waals surface area contributed by atoms with Gasteiger partial charge in [0.25, 0.3) is 0 Å². The van der Waals surface area contributed by atoms with Crippen LogP contribution in [0.5, 0.6) is 11.5 Å². The van der Waals surface area contributed by atoms with Crippen molar-refractivity contribution in [1.82, 2.24) is 0 Å². The van der Waals surface area contributed by atoms with Crippen molar-refractivity contribution in [3.05, 3.63) is 58.6 Å². The van der Waals surface area contributed by atoms with E-state index in [1.165, 1.54) is 12.1 Å². The van der Waals surface area contributed by atoms with Crippen LogP contribution in [0.4, 0.5) is 8.78 Å². The Morgan fingerprint density at radius 1 is 1.06 bits per heavy atom. The highest BCUT2D eigenvalue weighted by Gasteiger charge is 2.11. The van der Waals surface area contributed by atoms with Gasteiger partial charge in [-0.1, -0.05) is 17.7 Å². The maximum absolute atomic E-state index is 13.4. The third-order valence-electron chi connectivity index (χ3n) is 2.30. The van der Waals surface area contributed by atoms with Crippen LogP contribution in [0.1, 0.15) is 5.56 Å². The molecule has 0 unspecified atom stereocenters. The third-order valence-corrected chi connectivity index (χ3v) is 2.83. The zero-order valence-corrected chi connectivity index (χ0v) is 10.6. The lowest BCUT2D eigenvalue weighted by atomic mass is 10.2. The summed E-state index contributed by atoms with van der Waals surface area (Å²) in [5.74, 6) is -1.68. The van der Waals surface area contributed by atoms with Gasteiger partial charge in [-0.25, -0.2) is 4.39 Å². The minimum atomic E-state index is -1.03. The zero-order chi connectivity index (χ0) is 13.1. The summed E-state index contributed by atoms with van der Waals surface area (Å²) in [5, 5.41) is 0.498. The summed E-state index contributed by atoms with van der Waals surface area (Å²) < 4.78 is 31.8. The van der Waals surface area contributed by atoms with E-state index in [0.717, 1.165) is 6.07 Å². The van der Waals surface area contributed by atoms with Crippen molar-refractivity contribution < 1.29 is 13.5 Å². The second kappa shape index (κ2) is 5.55. The van der Waals surface area contributed by atoms with E-state index in [2.05, 4.69) is 0 Å². The number of hydrogen-bond acceptors (Lipinski definition) is 1. The summed E-state index contributed by atoms with van der Waals surface area (Å²) in [6.07, 6.45) is 0. The highest BCUT2D eigenvalue weighted by molar-refractivity contribution is 6.30. The molecule has 0 amide bonds. The van der Waals surface area contributed by atoms with E-state index >= 15 is 0 Å². The molecule has 0 atom stereocenters. The summed E-state index contributed by atoms with van der Waals surface area (Å²) >= 11 is 11.5. The topological polar surface area (TPSA) is 9.23 Å². The van der Waals surface area contributed by atoms with Crippen molar-refractivity contribution in [2.75, 3.05) is 0 Å². The van der Waals surface area contributed by atoms with Gasteiger partial charge < -0.3 is 4.74 Å². The molecule has 0 fully saturated rings. The van der Waals surface area contributed by atoms with Crippen molar-refractivity contribution in [2.45, 2.75) is 5.88 Å². The molecule has 0 aliphatic carbocycles. The predicted molar refractivity (Wildman–Crippen MR) is 67.4 cm³/mol. The van der Waals surface area contributed by atoms with E-state index in [0.29, 0.717) is 16.3 Å². The van der Waals surface area contributed by atoms with Crippen LogP contribution in [0.15, 0.2) is 36.4 Å². The van der Waals surface area contributed by atoms with Gasteiger partial charge in [0.2, 0.25) is 5.82 Å². The SMILES string of the molecule is Fc1cccc(Oc2ccc(Cl)cc2CCl)c1F. The van der Waals surface area contributed by atoms with Crippen molar-refractivity contribution in [3.8, 4) is 11.5 Å². The van der Waals surface area contributed by atoms with Crippen LogP contribution < -0.4 is 4.74 Å². The van der Waals surface area contributed by atoms with Crippen molar-refractivity contribution >= 4 is 23.2 Å². The van der Waals surface area contributed by atoms with Crippen LogP contribution >= 0.6 is 23.2 Å². The van der Waals surface area contributed by atoms with E-state index in [9.17, 15) is 8.78 Å². The zero-order valence-electron chi connectivity index (χ0n) is 9.09. The molecule has 0 aromatic heterocycles. The lowest BCUT2D eigenvalue weighted by Gasteiger charge is -2.10. The van der Waals surface area contributed by atoms with Crippen LogP contribution in [-0.2, 0) is 5.88 Å². The van der Waals surface area contributed by atoms with Crippen LogP contribution in [0.3, 0.4) is 0 Å². The van der Waals surface area contributed by atoms with E-state index in [-0.39, 0.29) is 11.6 Å². The second-order valence-corrected chi connectivity index (χ2v) is 4.24. The molecule has 2 rings (SSSR count). The molecule has 2 aromatic carbocycles. The molecular weight excluding hydrogens is 281 g/mol. The lowest BCUT2D eigenvalue weighted by molar-refractivity contribution is 0.414. The molecule has 18 heavy (non-hydrogen) atoms. The second-order valence-electron chi connectivity index (χ2n) is 3.54. The highest BCUT2D eigenvalue weighted by atomic mass is 35.5. The minimum absolute atomic E-state index is 0.160. The predicted octanol–water partition coefficient (Wildman–Crippen LogP) is 5.15. The van der Waals surface area contributed by atoms with Crippen LogP contribution in [-0.4, -0.2) is 0 Å². The Balaban J connectivity index is 2.37. The van der Waals surface area contributed by atoms with Gasteiger partial charge in [0.15, 0.2) is 11.6 Å². The smallest absolute Gasteiger partial charge is 0.201 e. The number of benzene rings is 2. The van der Waals surface area contributed by atoms with Gasteiger partial charge in [-0.05, 0) is 30.3 Å². The first-order chi connectivity index (χ1) is 8.61. The number of hydrogen-bond donors (Lipinski definition) is 0. The Labute approximate surface area is 113 Å². The molecule has 94 valence electrons. The summed E-state index contributed by atoms with van der Waals surface area (Å²) in [5.41, 5.74) is 0.604. The molecule has 0 spiro atoms. The monoisotopic (exact) mass is 288 g/mol. The van der Waals surface area contributed by atoms with Gasteiger partial charge >= 0.3 is 0 Å². The number of halogens is 4. The highest BCUT2D eigenvalue weighted by Crippen LogP contribution is 2.31.